The van der Waals surface area contributed by atoms with Crippen LogP contribution in [0.25, 0.3) is 5.69 Å². The van der Waals surface area contributed by atoms with Crippen molar-refractivity contribution in [3.05, 3.63) is 39.7 Å². The number of benzene rings is 1. The molecule has 0 aliphatic rings. The molecular formula is C9H10N6O2. The van der Waals surface area contributed by atoms with Crippen molar-refractivity contribution < 1.29 is 4.92 Å². The van der Waals surface area contributed by atoms with Crippen LogP contribution in [-0.2, 0) is 6.54 Å². The fourth-order valence-electron chi connectivity index (χ4n) is 1.51. The zero-order valence-corrected chi connectivity index (χ0v) is 9.07. The Morgan fingerprint density at radius 2 is 2.29 bits per heavy atom. The first-order chi connectivity index (χ1) is 8.13. The molecule has 8 nitrogen and oxygen atoms in total. The quantitative estimate of drug-likeness (QED) is 0.605. The molecule has 8 heteroatoms. The molecule has 0 radical (unpaired) electrons. The Kier molecular flexibility index (Phi) is 2.79. The van der Waals surface area contributed by atoms with E-state index < -0.39 is 4.92 Å². The van der Waals surface area contributed by atoms with Crippen LogP contribution in [0.2, 0.25) is 0 Å². The van der Waals surface area contributed by atoms with Gasteiger partial charge in [0.25, 0.3) is 5.69 Å². The van der Waals surface area contributed by atoms with Gasteiger partial charge in [0, 0.05) is 12.1 Å². The van der Waals surface area contributed by atoms with Crippen molar-refractivity contribution in [1.29, 1.82) is 0 Å². The van der Waals surface area contributed by atoms with Gasteiger partial charge < -0.3 is 5.73 Å². The van der Waals surface area contributed by atoms with Gasteiger partial charge in [-0.15, -0.1) is 5.10 Å². The van der Waals surface area contributed by atoms with Crippen molar-refractivity contribution in [2.75, 3.05) is 0 Å². The second kappa shape index (κ2) is 4.26. The van der Waals surface area contributed by atoms with Crippen molar-refractivity contribution in [1.82, 2.24) is 20.2 Å². The van der Waals surface area contributed by atoms with Crippen molar-refractivity contribution in [3.8, 4) is 5.69 Å². The molecule has 0 aliphatic heterocycles. The molecule has 0 saturated carbocycles. The first-order valence-corrected chi connectivity index (χ1v) is 4.86. The largest absolute Gasteiger partial charge is 0.324 e. The van der Waals surface area contributed by atoms with Gasteiger partial charge in [-0.05, 0) is 29.0 Å². The average molecular weight is 234 g/mol. The minimum atomic E-state index is -0.444. The molecule has 0 spiro atoms. The topological polar surface area (TPSA) is 113 Å². The number of rotatable bonds is 3. The predicted octanol–water partition coefficient (Wildman–Crippen LogP) is 0.338. The lowest BCUT2D eigenvalue weighted by molar-refractivity contribution is -0.384. The SMILES string of the molecule is Cc1cc([N+](=O)[O-])ccc1-n1nnnc1CN. The van der Waals surface area contributed by atoms with E-state index in [0.717, 1.165) is 0 Å². The molecule has 0 aliphatic carbocycles. The highest BCUT2D eigenvalue weighted by Gasteiger charge is 2.12. The van der Waals surface area contributed by atoms with Crippen LogP contribution < -0.4 is 5.73 Å². The average Bonchev–Trinajstić information content (AvgIpc) is 2.76. The second-order valence-corrected chi connectivity index (χ2v) is 3.44. The minimum Gasteiger partial charge on any atom is -0.324 e. The summed E-state index contributed by atoms with van der Waals surface area (Å²) in [6, 6.07) is 4.48. The Bertz CT molecular complexity index is 564. The van der Waals surface area contributed by atoms with Gasteiger partial charge in [-0.1, -0.05) is 0 Å². The maximum absolute atomic E-state index is 10.6. The predicted molar refractivity (Wildman–Crippen MR) is 58.4 cm³/mol. The third kappa shape index (κ3) is 1.97. The fourth-order valence-corrected chi connectivity index (χ4v) is 1.51. The van der Waals surface area contributed by atoms with Crippen LogP contribution in [0.1, 0.15) is 11.4 Å². The van der Waals surface area contributed by atoms with Crippen molar-refractivity contribution in [3.63, 3.8) is 0 Å². The van der Waals surface area contributed by atoms with Crippen LogP contribution in [0, 0.1) is 17.0 Å². The summed E-state index contributed by atoms with van der Waals surface area (Å²) in [5.74, 6) is 0.502. The summed E-state index contributed by atoms with van der Waals surface area (Å²) in [7, 11) is 0. The van der Waals surface area contributed by atoms with Crippen molar-refractivity contribution in [2.24, 2.45) is 5.73 Å². The number of aryl methyl sites for hydroxylation is 1. The van der Waals surface area contributed by atoms with E-state index in [1.165, 1.54) is 16.8 Å². The van der Waals surface area contributed by atoms with Gasteiger partial charge >= 0.3 is 0 Å². The number of nitrogens with zero attached hydrogens (tertiary/aromatic N) is 5. The van der Waals surface area contributed by atoms with E-state index in [1.807, 2.05) is 0 Å². The molecule has 0 bridgehead atoms. The van der Waals surface area contributed by atoms with Crippen LogP contribution in [-0.4, -0.2) is 25.1 Å². The van der Waals surface area contributed by atoms with E-state index in [2.05, 4.69) is 15.5 Å². The molecule has 0 fully saturated rings. The molecule has 17 heavy (non-hydrogen) atoms. The zero-order chi connectivity index (χ0) is 12.4. The number of aromatic nitrogens is 4. The van der Waals surface area contributed by atoms with Crippen LogP contribution in [0.5, 0.6) is 0 Å². The molecule has 0 amide bonds. The molecule has 0 saturated heterocycles. The summed E-state index contributed by atoms with van der Waals surface area (Å²) in [6.07, 6.45) is 0. The van der Waals surface area contributed by atoms with Crippen LogP contribution in [0.15, 0.2) is 18.2 Å². The first-order valence-electron chi connectivity index (χ1n) is 4.86. The molecular weight excluding hydrogens is 224 g/mol. The molecule has 2 rings (SSSR count). The maximum atomic E-state index is 10.6. The standard InChI is InChI=1S/C9H10N6O2/c1-6-4-7(15(16)17)2-3-8(6)14-9(5-10)11-12-13-14/h2-4H,5,10H2,1H3. The number of hydrogen-bond acceptors (Lipinski definition) is 6. The number of hydrogen-bond donors (Lipinski definition) is 1. The Morgan fingerprint density at radius 1 is 1.53 bits per heavy atom. The Balaban J connectivity index is 2.50. The maximum Gasteiger partial charge on any atom is 0.269 e. The van der Waals surface area contributed by atoms with Gasteiger partial charge in [0.05, 0.1) is 17.2 Å². The van der Waals surface area contributed by atoms with Crippen LogP contribution in [0.4, 0.5) is 5.69 Å². The number of nitro benzene ring substituents is 1. The molecule has 1 aromatic heterocycles. The molecule has 0 unspecified atom stereocenters. The van der Waals surface area contributed by atoms with Crippen LogP contribution >= 0.6 is 0 Å². The summed E-state index contributed by atoms with van der Waals surface area (Å²) < 4.78 is 1.47. The fraction of sp³-hybridized carbons (Fsp3) is 0.222. The van der Waals surface area contributed by atoms with E-state index in [9.17, 15) is 10.1 Å². The zero-order valence-electron chi connectivity index (χ0n) is 9.07. The van der Waals surface area contributed by atoms with Crippen molar-refractivity contribution in [2.45, 2.75) is 13.5 Å². The molecule has 1 heterocycles. The highest BCUT2D eigenvalue weighted by Crippen LogP contribution is 2.20. The Hall–Kier alpha value is -2.35. The van der Waals surface area contributed by atoms with Crippen molar-refractivity contribution >= 4 is 5.69 Å². The van der Waals surface area contributed by atoms with Gasteiger partial charge in [-0.25, -0.2) is 0 Å². The minimum absolute atomic E-state index is 0.0358. The third-order valence-corrected chi connectivity index (χ3v) is 2.34. The summed E-state index contributed by atoms with van der Waals surface area (Å²) >= 11 is 0. The summed E-state index contributed by atoms with van der Waals surface area (Å²) in [5.41, 5.74) is 6.92. The highest BCUT2D eigenvalue weighted by molar-refractivity contribution is 5.47. The van der Waals surface area contributed by atoms with Gasteiger partial charge in [0.1, 0.15) is 0 Å². The summed E-state index contributed by atoms with van der Waals surface area (Å²) in [5, 5.41) is 21.7. The lowest BCUT2D eigenvalue weighted by Crippen LogP contribution is -2.09. The molecule has 88 valence electrons. The summed E-state index contributed by atoms with van der Waals surface area (Å²) in [4.78, 5) is 10.2. The lowest BCUT2D eigenvalue weighted by atomic mass is 10.2. The number of non-ortho nitro benzene ring substituents is 1. The van der Waals surface area contributed by atoms with E-state index in [-0.39, 0.29) is 12.2 Å². The van der Waals surface area contributed by atoms with E-state index in [4.69, 9.17) is 5.73 Å². The third-order valence-electron chi connectivity index (χ3n) is 2.34. The summed E-state index contributed by atoms with van der Waals surface area (Å²) in [6.45, 7) is 1.95. The first kappa shape index (κ1) is 11.1. The number of nitro groups is 1. The molecule has 0 atom stereocenters. The van der Waals surface area contributed by atoms with E-state index in [1.54, 1.807) is 13.0 Å². The highest BCUT2D eigenvalue weighted by atomic mass is 16.6. The van der Waals surface area contributed by atoms with Gasteiger partial charge in [-0.2, -0.15) is 4.68 Å². The monoisotopic (exact) mass is 234 g/mol. The van der Waals surface area contributed by atoms with Crippen LogP contribution in [0.3, 0.4) is 0 Å². The smallest absolute Gasteiger partial charge is 0.269 e. The molecule has 1 aromatic carbocycles. The van der Waals surface area contributed by atoms with E-state index >= 15 is 0 Å². The molecule has 2 aromatic rings. The second-order valence-electron chi connectivity index (χ2n) is 3.44. The van der Waals surface area contributed by atoms with Gasteiger partial charge in [-0.3, -0.25) is 10.1 Å². The Morgan fingerprint density at radius 3 is 2.88 bits per heavy atom. The van der Waals surface area contributed by atoms with Gasteiger partial charge in [0.2, 0.25) is 0 Å². The molecule has 2 N–H and O–H groups in total. The lowest BCUT2D eigenvalue weighted by Gasteiger charge is -2.06. The van der Waals surface area contributed by atoms with E-state index in [0.29, 0.717) is 17.1 Å². The Labute approximate surface area is 96.2 Å². The number of nitrogens with two attached hydrogens (primary N) is 1. The number of tetrazole rings is 1. The normalized spacial score (nSPS) is 10.5. The van der Waals surface area contributed by atoms with Gasteiger partial charge in [0.15, 0.2) is 5.82 Å².